The molecule has 1 aliphatic carbocycles. The number of nitrogens with zero attached hydrogens (tertiary/aromatic N) is 1. The molecule has 1 saturated carbocycles. The van der Waals surface area contributed by atoms with Gasteiger partial charge in [0.05, 0.1) is 12.1 Å². The molecule has 1 fully saturated rings. The highest BCUT2D eigenvalue weighted by atomic mass is 16.5. The van der Waals surface area contributed by atoms with Gasteiger partial charge >= 0.3 is 0 Å². The Morgan fingerprint density at radius 2 is 2.15 bits per heavy atom. The van der Waals surface area contributed by atoms with Gasteiger partial charge in [-0.2, -0.15) is 0 Å². The second-order valence-electron chi connectivity index (χ2n) is 4.46. The van der Waals surface area contributed by atoms with Crippen molar-refractivity contribution in [1.82, 2.24) is 4.90 Å². The monoisotopic (exact) mass is 186 g/mol. The van der Waals surface area contributed by atoms with Crippen LogP contribution in [-0.4, -0.2) is 44.3 Å². The van der Waals surface area contributed by atoms with Gasteiger partial charge in [-0.25, -0.2) is 0 Å². The summed E-state index contributed by atoms with van der Waals surface area (Å²) in [5, 5.41) is 0. The summed E-state index contributed by atoms with van der Waals surface area (Å²) in [7, 11) is 3.88. The summed E-state index contributed by atoms with van der Waals surface area (Å²) in [5.74, 6) is 0.910. The van der Waals surface area contributed by atoms with E-state index in [1.807, 2.05) is 0 Å². The van der Waals surface area contributed by atoms with E-state index < -0.39 is 0 Å². The summed E-state index contributed by atoms with van der Waals surface area (Å²) >= 11 is 0. The average molecular weight is 186 g/mol. The molecule has 13 heavy (non-hydrogen) atoms. The lowest BCUT2D eigenvalue weighted by Crippen LogP contribution is -2.53. The second kappa shape index (κ2) is 4.40. The SMILES string of the molecule is COCC(C)(CN)N(C)CC1CC1. The molecule has 0 spiro atoms. The van der Waals surface area contributed by atoms with Gasteiger partial charge in [0, 0.05) is 20.2 Å². The summed E-state index contributed by atoms with van der Waals surface area (Å²) in [5.41, 5.74) is 5.78. The van der Waals surface area contributed by atoms with Crippen molar-refractivity contribution in [3.63, 3.8) is 0 Å². The highest BCUT2D eigenvalue weighted by Crippen LogP contribution is 2.31. The van der Waals surface area contributed by atoms with Crippen molar-refractivity contribution in [3.8, 4) is 0 Å². The molecule has 0 aromatic heterocycles. The minimum Gasteiger partial charge on any atom is -0.383 e. The molecule has 0 amide bonds. The molecular weight excluding hydrogens is 164 g/mol. The molecule has 0 heterocycles. The first-order chi connectivity index (χ1) is 6.12. The molecule has 1 rings (SSSR count). The van der Waals surface area contributed by atoms with Crippen LogP contribution < -0.4 is 5.73 Å². The number of hydrogen-bond acceptors (Lipinski definition) is 3. The van der Waals surface area contributed by atoms with E-state index >= 15 is 0 Å². The van der Waals surface area contributed by atoms with Gasteiger partial charge in [0.1, 0.15) is 0 Å². The van der Waals surface area contributed by atoms with Gasteiger partial charge in [0.15, 0.2) is 0 Å². The van der Waals surface area contributed by atoms with Gasteiger partial charge in [-0.05, 0) is 32.7 Å². The lowest BCUT2D eigenvalue weighted by molar-refractivity contribution is 0.0410. The van der Waals surface area contributed by atoms with Gasteiger partial charge in [-0.15, -0.1) is 0 Å². The first kappa shape index (κ1) is 11.0. The highest BCUT2D eigenvalue weighted by Gasteiger charge is 2.32. The molecule has 3 nitrogen and oxygen atoms in total. The molecule has 2 N–H and O–H groups in total. The molecule has 3 heteroatoms. The fourth-order valence-corrected chi connectivity index (χ4v) is 1.54. The first-order valence-electron chi connectivity index (χ1n) is 5.02. The summed E-state index contributed by atoms with van der Waals surface area (Å²) < 4.78 is 5.20. The Morgan fingerprint density at radius 1 is 1.54 bits per heavy atom. The van der Waals surface area contributed by atoms with E-state index in [1.54, 1.807) is 7.11 Å². The van der Waals surface area contributed by atoms with Crippen LogP contribution >= 0.6 is 0 Å². The maximum absolute atomic E-state index is 5.77. The van der Waals surface area contributed by atoms with E-state index in [0.29, 0.717) is 13.2 Å². The molecule has 1 unspecified atom stereocenters. The fourth-order valence-electron chi connectivity index (χ4n) is 1.54. The molecule has 78 valence electrons. The number of nitrogens with two attached hydrogens (primary N) is 1. The smallest absolute Gasteiger partial charge is 0.0656 e. The van der Waals surface area contributed by atoms with Crippen LogP contribution in [-0.2, 0) is 4.74 Å². The van der Waals surface area contributed by atoms with E-state index in [-0.39, 0.29) is 5.54 Å². The number of ether oxygens (including phenoxy) is 1. The van der Waals surface area contributed by atoms with Crippen LogP contribution in [0.15, 0.2) is 0 Å². The van der Waals surface area contributed by atoms with Crippen molar-refractivity contribution in [2.24, 2.45) is 11.7 Å². The second-order valence-corrected chi connectivity index (χ2v) is 4.46. The third kappa shape index (κ3) is 2.93. The normalized spacial score (nSPS) is 21.9. The molecule has 0 aromatic rings. The van der Waals surface area contributed by atoms with E-state index in [9.17, 15) is 0 Å². The van der Waals surface area contributed by atoms with Crippen LogP contribution in [0, 0.1) is 5.92 Å². The lowest BCUT2D eigenvalue weighted by Gasteiger charge is -2.37. The molecule has 0 radical (unpaired) electrons. The standard InChI is InChI=1S/C10H22N2O/c1-10(7-11,8-13-3)12(2)6-9-4-5-9/h9H,4-8,11H2,1-3H3. The van der Waals surface area contributed by atoms with Crippen LogP contribution in [0.2, 0.25) is 0 Å². The average Bonchev–Trinajstić information content (AvgIpc) is 2.88. The summed E-state index contributed by atoms with van der Waals surface area (Å²) in [6.45, 7) is 4.70. The molecule has 0 saturated heterocycles. The van der Waals surface area contributed by atoms with E-state index in [1.165, 1.54) is 12.8 Å². The van der Waals surface area contributed by atoms with Crippen molar-refractivity contribution in [2.75, 3.05) is 33.9 Å². The Balaban J connectivity index is 2.40. The highest BCUT2D eigenvalue weighted by molar-refractivity contribution is 4.88. The lowest BCUT2D eigenvalue weighted by atomic mass is 10.0. The zero-order valence-electron chi connectivity index (χ0n) is 9.05. The number of likely N-dealkylation sites (N-methyl/N-ethyl adjacent to an activating group) is 1. The summed E-state index contributed by atoms with van der Waals surface area (Å²) in [6.07, 6.45) is 2.77. The Bertz CT molecular complexity index is 159. The topological polar surface area (TPSA) is 38.5 Å². The van der Waals surface area contributed by atoms with E-state index in [4.69, 9.17) is 10.5 Å². The summed E-state index contributed by atoms with van der Waals surface area (Å²) in [6, 6.07) is 0. The minimum absolute atomic E-state index is 0.0113. The largest absolute Gasteiger partial charge is 0.383 e. The number of hydrogen-bond donors (Lipinski definition) is 1. The molecule has 0 aromatic carbocycles. The molecule has 0 bridgehead atoms. The van der Waals surface area contributed by atoms with Crippen LogP contribution in [0.5, 0.6) is 0 Å². The van der Waals surface area contributed by atoms with Crippen LogP contribution in [0.4, 0.5) is 0 Å². The third-order valence-electron chi connectivity index (χ3n) is 3.05. The van der Waals surface area contributed by atoms with Gasteiger partial charge in [0.25, 0.3) is 0 Å². The predicted octanol–water partition coefficient (Wildman–Crippen LogP) is 0.692. The number of rotatable bonds is 6. The van der Waals surface area contributed by atoms with Gasteiger partial charge in [-0.1, -0.05) is 0 Å². The fraction of sp³-hybridized carbons (Fsp3) is 1.00. The van der Waals surface area contributed by atoms with Crippen LogP contribution in [0.1, 0.15) is 19.8 Å². The third-order valence-corrected chi connectivity index (χ3v) is 3.05. The van der Waals surface area contributed by atoms with Crippen molar-refractivity contribution < 1.29 is 4.74 Å². The van der Waals surface area contributed by atoms with Gasteiger partial charge in [-0.3, -0.25) is 4.90 Å². The van der Waals surface area contributed by atoms with Gasteiger partial charge in [0.2, 0.25) is 0 Å². The Hall–Kier alpha value is -0.120. The molecule has 0 aliphatic heterocycles. The quantitative estimate of drug-likeness (QED) is 0.663. The number of methoxy groups -OCH3 is 1. The maximum Gasteiger partial charge on any atom is 0.0656 e. The zero-order chi connectivity index (χ0) is 9.90. The Morgan fingerprint density at radius 3 is 2.54 bits per heavy atom. The van der Waals surface area contributed by atoms with E-state index in [2.05, 4.69) is 18.9 Å². The maximum atomic E-state index is 5.77. The molecule has 1 aliphatic rings. The Labute approximate surface area is 81.2 Å². The van der Waals surface area contributed by atoms with Crippen molar-refractivity contribution in [3.05, 3.63) is 0 Å². The van der Waals surface area contributed by atoms with Gasteiger partial charge < -0.3 is 10.5 Å². The van der Waals surface area contributed by atoms with Crippen molar-refractivity contribution >= 4 is 0 Å². The van der Waals surface area contributed by atoms with Crippen LogP contribution in [0.25, 0.3) is 0 Å². The predicted molar refractivity (Wildman–Crippen MR) is 54.7 cm³/mol. The van der Waals surface area contributed by atoms with Crippen LogP contribution in [0.3, 0.4) is 0 Å². The first-order valence-corrected chi connectivity index (χ1v) is 5.02. The summed E-state index contributed by atoms with van der Waals surface area (Å²) in [4.78, 5) is 2.34. The molecule has 1 atom stereocenters. The molecular formula is C10H22N2O. The minimum atomic E-state index is 0.0113. The van der Waals surface area contributed by atoms with Crippen molar-refractivity contribution in [1.29, 1.82) is 0 Å². The van der Waals surface area contributed by atoms with Crippen molar-refractivity contribution in [2.45, 2.75) is 25.3 Å². The zero-order valence-corrected chi connectivity index (χ0v) is 9.05. The van der Waals surface area contributed by atoms with E-state index in [0.717, 1.165) is 12.5 Å². The Kier molecular flexibility index (Phi) is 3.71.